The quantitative estimate of drug-likeness (QED) is 0.758. The molecule has 0 fully saturated rings. The number of nitrogens with zero attached hydrogens (tertiary/aromatic N) is 1. The molecule has 0 aromatic carbocycles. The molecule has 50 valence electrons. The first-order valence-corrected chi connectivity index (χ1v) is 3.81. The van der Waals surface area contributed by atoms with Crippen LogP contribution in [0.15, 0.2) is 10.9 Å². The van der Waals surface area contributed by atoms with Gasteiger partial charge in [-0.3, -0.25) is 0 Å². The van der Waals surface area contributed by atoms with Gasteiger partial charge in [0.2, 0.25) is 0 Å². The maximum Gasteiger partial charge on any atom is 0.127 e. The molecule has 0 aliphatic rings. The number of hydrogen-bond acceptors (Lipinski definition) is 1. The zero-order valence-corrected chi connectivity index (χ0v) is 6.90. The summed E-state index contributed by atoms with van der Waals surface area (Å²) in [5.74, 6) is 0. The molecule has 1 aromatic heterocycles. The van der Waals surface area contributed by atoms with Crippen LogP contribution in [0.4, 0.5) is 0 Å². The highest BCUT2D eigenvalue weighted by molar-refractivity contribution is 9.10. The van der Waals surface area contributed by atoms with Crippen molar-refractivity contribution < 1.29 is 0 Å². The fourth-order valence-corrected chi connectivity index (χ4v) is 1.14. The minimum absolute atomic E-state index is 0.948. The van der Waals surface area contributed by atoms with Crippen molar-refractivity contribution in [2.75, 3.05) is 0 Å². The highest BCUT2D eigenvalue weighted by atomic mass is 79.9. The van der Waals surface area contributed by atoms with Gasteiger partial charge in [-0.2, -0.15) is 0 Å². The second-order valence-corrected chi connectivity index (χ2v) is 2.67. The lowest BCUT2D eigenvalue weighted by molar-refractivity contribution is 0.887. The van der Waals surface area contributed by atoms with Crippen molar-refractivity contribution in [2.45, 2.75) is 19.8 Å². The summed E-state index contributed by atoms with van der Waals surface area (Å²) in [7, 11) is 0. The number of H-pyrrole nitrogens is 1. The van der Waals surface area contributed by atoms with Crippen molar-refractivity contribution >= 4 is 15.9 Å². The molecule has 1 rings (SSSR count). The van der Waals surface area contributed by atoms with Crippen LogP contribution < -0.4 is 0 Å². The highest BCUT2D eigenvalue weighted by Gasteiger charge is 1.97. The number of rotatable bonds is 2. The lowest BCUT2D eigenvalue weighted by Gasteiger charge is -1.90. The molecule has 0 spiro atoms. The van der Waals surface area contributed by atoms with Crippen molar-refractivity contribution in [1.29, 1.82) is 0 Å². The van der Waals surface area contributed by atoms with E-state index in [4.69, 9.17) is 0 Å². The van der Waals surface area contributed by atoms with Gasteiger partial charge in [0.1, 0.15) is 4.60 Å². The summed E-state index contributed by atoms with van der Waals surface area (Å²) >= 11 is 3.32. The molecule has 0 saturated heterocycles. The second-order valence-electron chi connectivity index (χ2n) is 1.92. The van der Waals surface area contributed by atoms with Crippen molar-refractivity contribution in [3.05, 3.63) is 16.6 Å². The molecule has 0 aliphatic carbocycles. The van der Waals surface area contributed by atoms with Crippen molar-refractivity contribution in [3.8, 4) is 0 Å². The molecule has 2 nitrogen and oxygen atoms in total. The van der Waals surface area contributed by atoms with E-state index in [2.05, 4.69) is 32.8 Å². The fraction of sp³-hybridized carbons (Fsp3) is 0.500. The molecule has 9 heavy (non-hydrogen) atoms. The second kappa shape index (κ2) is 3.01. The summed E-state index contributed by atoms with van der Waals surface area (Å²) in [5.41, 5.74) is 1.19. The van der Waals surface area contributed by atoms with Gasteiger partial charge in [0.05, 0.1) is 6.33 Å². The molecule has 0 saturated carbocycles. The number of nitrogens with one attached hydrogen (secondary N) is 1. The standard InChI is InChI=1S/C6H9BrN2/c1-2-3-5-6(7)9-4-8-5/h4H,2-3H2,1H3,(H,8,9). The van der Waals surface area contributed by atoms with E-state index >= 15 is 0 Å². The van der Waals surface area contributed by atoms with Crippen LogP contribution in [0.1, 0.15) is 19.0 Å². The molecule has 0 amide bonds. The number of hydrogen-bond donors (Lipinski definition) is 1. The maximum absolute atomic E-state index is 4.00. The van der Waals surface area contributed by atoms with Crippen molar-refractivity contribution in [3.63, 3.8) is 0 Å². The molecular formula is C6H9BrN2. The first-order valence-electron chi connectivity index (χ1n) is 3.02. The topological polar surface area (TPSA) is 28.7 Å². The van der Waals surface area contributed by atoms with Crippen molar-refractivity contribution in [1.82, 2.24) is 9.97 Å². The molecule has 1 N–H and O–H groups in total. The van der Waals surface area contributed by atoms with Crippen molar-refractivity contribution in [2.24, 2.45) is 0 Å². The third-order valence-corrected chi connectivity index (χ3v) is 1.85. The third-order valence-electron chi connectivity index (χ3n) is 1.17. The Hall–Kier alpha value is -0.310. The zero-order chi connectivity index (χ0) is 6.69. The van der Waals surface area contributed by atoms with Crippen LogP contribution >= 0.6 is 15.9 Å². The monoisotopic (exact) mass is 188 g/mol. The predicted molar refractivity (Wildman–Crippen MR) is 40.3 cm³/mol. The molecule has 0 aliphatic heterocycles. The lowest BCUT2D eigenvalue weighted by atomic mass is 10.3. The van der Waals surface area contributed by atoms with E-state index in [-0.39, 0.29) is 0 Å². The SMILES string of the molecule is CCCc1[nH]cnc1Br. The Morgan fingerprint density at radius 3 is 3.00 bits per heavy atom. The van der Waals surface area contributed by atoms with E-state index in [1.54, 1.807) is 6.33 Å². The Kier molecular flexibility index (Phi) is 2.28. The number of aryl methyl sites for hydroxylation is 1. The van der Waals surface area contributed by atoms with E-state index in [1.165, 1.54) is 5.69 Å². The van der Waals surface area contributed by atoms with Gasteiger partial charge in [-0.05, 0) is 22.4 Å². The van der Waals surface area contributed by atoms with Crippen LogP contribution in [0.2, 0.25) is 0 Å². The van der Waals surface area contributed by atoms with E-state index in [1.807, 2.05) is 0 Å². The average Bonchev–Trinajstić information content (AvgIpc) is 2.18. The summed E-state index contributed by atoms with van der Waals surface area (Å²) in [4.78, 5) is 7.04. The van der Waals surface area contributed by atoms with Crippen LogP contribution in [0.5, 0.6) is 0 Å². The highest BCUT2D eigenvalue weighted by Crippen LogP contribution is 2.11. The van der Waals surface area contributed by atoms with E-state index in [9.17, 15) is 0 Å². The molecule has 3 heteroatoms. The van der Waals surface area contributed by atoms with Crippen LogP contribution in [-0.2, 0) is 6.42 Å². The van der Waals surface area contributed by atoms with Gasteiger partial charge in [-0.15, -0.1) is 0 Å². The molecular weight excluding hydrogens is 180 g/mol. The molecule has 0 bridgehead atoms. The summed E-state index contributed by atoms with van der Waals surface area (Å²) in [6.45, 7) is 2.15. The fourth-order valence-electron chi connectivity index (χ4n) is 0.730. The van der Waals surface area contributed by atoms with Crippen LogP contribution in [0, 0.1) is 0 Å². The lowest BCUT2D eigenvalue weighted by Crippen LogP contribution is -1.82. The Morgan fingerprint density at radius 1 is 1.78 bits per heavy atom. The van der Waals surface area contributed by atoms with Gasteiger partial charge in [0, 0.05) is 5.69 Å². The third kappa shape index (κ3) is 1.55. The minimum atomic E-state index is 0.948. The molecule has 1 heterocycles. The van der Waals surface area contributed by atoms with Gasteiger partial charge >= 0.3 is 0 Å². The van der Waals surface area contributed by atoms with Gasteiger partial charge < -0.3 is 4.98 Å². The van der Waals surface area contributed by atoms with Gasteiger partial charge in [0.25, 0.3) is 0 Å². The number of aromatic amines is 1. The van der Waals surface area contributed by atoms with Crippen LogP contribution in [0.3, 0.4) is 0 Å². The Labute approximate surface area is 62.8 Å². The summed E-state index contributed by atoms with van der Waals surface area (Å²) < 4.78 is 0.948. The first-order chi connectivity index (χ1) is 4.34. The number of aromatic nitrogens is 2. The van der Waals surface area contributed by atoms with Crippen LogP contribution in [0.25, 0.3) is 0 Å². The number of imidazole rings is 1. The summed E-state index contributed by atoms with van der Waals surface area (Å²) in [5, 5.41) is 0. The molecule has 0 radical (unpaired) electrons. The largest absolute Gasteiger partial charge is 0.348 e. The first kappa shape index (κ1) is 6.81. The normalized spacial score (nSPS) is 10.0. The summed E-state index contributed by atoms with van der Waals surface area (Å²) in [6, 6.07) is 0. The molecule has 1 aromatic rings. The predicted octanol–water partition coefficient (Wildman–Crippen LogP) is 2.12. The Balaban J connectivity index is 2.69. The van der Waals surface area contributed by atoms with Gasteiger partial charge in [-0.25, -0.2) is 4.98 Å². The van der Waals surface area contributed by atoms with E-state index < -0.39 is 0 Å². The zero-order valence-electron chi connectivity index (χ0n) is 5.32. The molecule has 0 atom stereocenters. The minimum Gasteiger partial charge on any atom is -0.348 e. The van der Waals surface area contributed by atoms with Gasteiger partial charge in [0.15, 0.2) is 0 Å². The maximum atomic E-state index is 4.00. The average molecular weight is 189 g/mol. The van der Waals surface area contributed by atoms with E-state index in [0.29, 0.717) is 0 Å². The Bertz CT molecular complexity index is 183. The Morgan fingerprint density at radius 2 is 2.56 bits per heavy atom. The van der Waals surface area contributed by atoms with Crippen LogP contribution in [-0.4, -0.2) is 9.97 Å². The smallest absolute Gasteiger partial charge is 0.127 e. The molecule has 0 unspecified atom stereocenters. The number of halogens is 1. The van der Waals surface area contributed by atoms with E-state index in [0.717, 1.165) is 17.4 Å². The van der Waals surface area contributed by atoms with Gasteiger partial charge in [-0.1, -0.05) is 13.3 Å². The summed E-state index contributed by atoms with van der Waals surface area (Å²) in [6.07, 6.45) is 3.93.